The van der Waals surface area contributed by atoms with E-state index in [1.54, 1.807) is 0 Å². The van der Waals surface area contributed by atoms with Gasteiger partial charge in [-0.05, 0) is 79.2 Å². The molecule has 0 N–H and O–H groups in total. The Bertz CT molecular complexity index is 1220. The molecule has 4 aromatic rings. The topological polar surface area (TPSA) is 61.7 Å². The largest absolute Gasteiger partial charge is 0.491 e. The van der Waals surface area contributed by atoms with Crippen molar-refractivity contribution in [2.45, 2.75) is 32.3 Å². The van der Waals surface area contributed by atoms with Gasteiger partial charge in [-0.3, -0.25) is 0 Å². The maximum Gasteiger partial charge on any atom is 0.181 e. The zero-order chi connectivity index (χ0) is 23.3. The van der Waals surface area contributed by atoms with Crippen molar-refractivity contribution in [3.63, 3.8) is 0 Å². The van der Waals surface area contributed by atoms with Crippen LogP contribution in [-0.4, -0.2) is 34.1 Å². The zero-order valence-electron chi connectivity index (χ0n) is 19.0. The van der Waals surface area contributed by atoms with Crippen LogP contribution >= 0.6 is 11.6 Å². The summed E-state index contributed by atoms with van der Waals surface area (Å²) >= 11 is 5.95. The van der Waals surface area contributed by atoms with Crippen LogP contribution in [-0.2, 0) is 11.2 Å². The van der Waals surface area contributed by atoms with Gasteiger partial charge in [-0.15, -0.1) is 5.10 Å². The lowest BCUT2D eigenvalue weighted by Crippen LogP contribution is -2.03. The lowest BCUT2D eigenvalue weighted by atomic mass is 10.2. The summed E-state index contributed by atoms with van der Waals surface area (Å²) in [6.07, 6.45) is 3.23. The molecule has 3 aromatic carbocycles. The number of unbranched alkanes of at least 4 members (excludes halogenated alkanes) is 1. The van der Waals surface area contributed by atoms with E-state index in [1.165, 1.54) is 0 Å². The number of nitrogens with zero attached hydrogens (tertiary/aromatic N) is 3. The molecule has 2 heterocycles. The van der Waals surface area contributed by atoms with Gasteiger partial charge in [0.25, 0.3) is 0 Å². The molecule has 34 heavy (non-hydrogen) atoms. The second-order valence-corrected chi connectivity index (χ2v) is 8.64. The van der Waals surface area contributed by atoms with E-state index in [0.717, 1.165) is 60.2 Å². The summed E-state index contributed by atoms with van der Waals surface area (Å²) in [7, 11) is 0. The third kappa shape index (κ3) is 5.58. The van der Waals surface area contributed by atoms with E-state index >= 15 is 0 Å². The molecule has 174 valence electrons. The summed E-state index contributed by atoms with van der Waals surface area (Å²) in [5.74, 6) is 3.94. The molecule has 0 radical (unpaired) electrons. The van der Waals surface area contributed by atoms with Gasteiger partial charge >= 0.3 is 0 Å². The number of epoxide rings is 1. The van der Waals surface area contributed by atoms with Crippen molar-refractivity contribution in [2.75, 3.05) is 13.2 Å². The Morgan fingerprint density at radius 2 is 1.59 bits per heavy atom. The van der Waals surface area contributed by atoms with Gasteiger partial charge in [-0.25, -0.2) is 9.67 Å². The van der Waals surface area contributed by atoms with Crippen molar-refractivity contribution < 1.29 is 14.2 Å². The third-order valence-electron chi connectivity index (χ3n) is 5.51. The van der Waals surface area contributed by atoms with Crippen molar-refractivity contribution in [3.8, 4) is 34.3 Å². The van der Waals surface area contributed by atoms with Crippen molar-refractivity contribution in [3.05, 3.63) is 83.6 Å². The minimum atomic E-state index is 0.237. The molecule has 1 saturated heterocycles. The predicted molar refractivity (Wildman–Crippen MR) is 132 cm³/mol. The number of rotatable bonds is 10. The highest BCUT2D eigenvalue weighted by molar-refractivity contribution is 6.30. The van der Waals surface area contributed by atoms with Crippen molar-refractivity contribution in [1.29, 1.82) is 0 Å². The highest BCUT2D eigenvalue weighted by Gasteiger charge is 2.23. The van der Waals surface area contributed by atoms with Gasteiger partial charge in [-0.1, -0.05) is 24.9 Å². The number of ether oxygens (including phenoxy) is 3. The molecule has 0 saturated carbocycles. The summed E-state index contributed by atoms with van der Waals surface area (Å²) in [4.78, 5) is 4.85. The van der Waals surface area contributed by atoms with Crippen LogP contribution < -0.4 is 9.47 Å². The molecule has 1 atom stereocenters. The van der Waals surface area contributed by atoms with E-state index in [9.17, 15) is 0 Å². The van der Waals surface area contributed by atoms with E-state index in [-0.39, 0.29) is 6.10 Å². The van der Waals surface area contributed by atoms with Crippen LogP contribution in [0, 0.1) is 0 Å². The molecule has 0 bridgehead atoms. The second kappa shape index (κ2) is 10.3. The maximum absolute atomic E-state index is 5.95. The number of aryl methyl sites for hydroxylation is 1. The predicted octanol–water partition coefficient (Wildman–Crippen LogP) is 6.50. The van der Waals surface area contributed by atoms with Gasteiger partial charge < -0.3 is 14.2 Å². The van der Waals surface area contributed by atoms with E-state index < -0.39 is 0 Å². The Hall–Kier alpha value is -3.35. The van der Waals surface area contributed by atoms with Gasteiger partial charge in [-0.2, -0.15) is 0 Å². The van der Waals surface area contributed by atoms with E-state index in [0.29, 0.717) is 17.5 Å². The fourth-order valence-electron chi connectivity index (χ4n) is 3.52. The molecule has 1 aromatic heterocycles. The Labute approximate surface area is 204 Å². The van der Waals surface area contributed by atoms with Crippen LogP contribution in [0.5, 0.6) is 17.2 Å². The zero-order valence-corrected chi connectivity index (χ0v) is 19.7. The minimum Gasteiger partial charge on any atom is -0.491 e. The van der Waals surface area contributed by atoms with Crippen LogP contribution in [0.3, 0.4) is 0 Å². The first-order chi connectivity index (χ1) is 16.7. The highest BCUT2D eigenvalue weighted by Crippen LogP contribution is 2.26. The second-order valence-electron chi connectivity index (χ2n) is 8.21. The number of benzene rings is 3. The van der Waals surface area contributed by atoms with Crippen LogP contribution in [0.15, 0.2) is 72.8 Å². The lowest BCUT2D eigenvalue weighted by Gasteiger charge is -2.08. The fourth-order valence-corrected chi connectivity index (χ4v) is 3.64. The smallest absolute Gasteiger partial charge is 0.181 e. The molecule has 7 heteroatoms. The van der Waals surface area contributed by atoms with Gasteiger partial charge in [0.15, 0.2) is 5.82 Å². The molecule has 5 rings (SSSR count). The molecule has 1 unspecified atom stereocenters. The maximum atomic E-state index is 5.95. The first-order valence-corrected chi connectivity index (χ1v) is 11.9. The Morgan fingerprint density at radius 1 is 0.941 bits per heavy atom. The molecular weight excluding hydrogens is 450 g/mol. The van der Waals surface area contributed by atoms with Crippen LogP contribution in [0.4, 0.5) is 0 Å². The van der Waals surface area contributed by atoms with Gasteiger partial charge in [0.05, 0.1) is 12.3 Å². The summed E-state index contributed by atoms with van der Waals surface area (Å²) in [6.45, 7) is 3.55. The first-order valence-electron chi connectivity index (χ1n) is 11.5. The fraction of sp³-hybridized carbons (Fsp3) is 0.259. The molecule has 6 nitrogen and oxygen atoms in total. The van der Waals surface area contributed by atoms with Crippen LogP contribution in [0.2, 0.25) is 5.02 Å². The van der Waals surface area contributed by atoms with Gasteiger partial charge in [0.1, 0.15) is 35.8 Å². The Morgan fingerprint density at radius 3 is 2.24 bits per heavy atom. The van der Waals surface area contributed by atoms with Gasteiger partial charge in [0.2, 0.25) is 0 Å². The third-order valence-corrected chi connectivity index (χ3v) is 5.76. The molecule has 0 amide bonds. The highest BCUT2D eigenvalue weighted by atomic mass is 35.5. The van der Waals surface area contributed by atoms with E-state index in [1.807, 2.05) is 77.5 Å². The summed E-state index contributed by atoms with van der Waals surface area (Å²) in [5, 5.41) is 5.51. The van der Waals surface area contributed by atoms with Crippen molar-refractivity contribution in [2.24, 2.45) is 0 Å². The lowest BCUT2D eigenvalue weighted by molar-refractivity contribution is 0.263. The van der Waals surface area contributed by atoms with Gasteiger partial charge in [0, 0.05) is 17.0 Å². The summed E-state index contributed by atoms with van der Waals surface area (Å²) < 4.78 is 18.8. The average Bonchev–Trinajstić information content (AvgIpc) is 3.61. The average molecular weight is 476 g/mol. The summed E-state index contributed by atoms with van der Waals surface area (Å²) in [6, 6.07) is 23.1. The normalized spacial score (nSPS) is 14.7. The van der Waals surface area contributed by atoms with Crippen LogP contribution in [0.1, 0.15) is 25.6 Å². The first kappa shape index (κ1) is 22.4. The Balaban J connectivity index is 1.35. The number of halogens is 1. The molecule has 1 aliphatic heterocycles. The molecule has 0 aliphatic carbocycles. The minimum absolute atomic E-state index is 0.237. The number of hydrogen-bond acceptors (Lipinski definition) is 5. The summed E-state index contributed by atoms with van der Waals surface area (Å²) in [5.41, 5.74) is 1.90. The molecular formula is C27H26ClN3O3. The number of hydrogen-bond donors (Lipinski definition) is 0. The quantitative estimate of drug-likeness (QED) is 0.245. The monoisotopic (exact) mass is 475 g/mol. The molecule has 1 aliphatic rings. The van der Waals surface area contributed by atoms with Crippen LogP contribution in [0.25, 0.3) is 17.1 Å². The standard InChI is InChI=1S/C27H26ClN3O3/c1-2-3-4-26-29-27(19-5-11-22(12-6-19)32-17-25-18-33-25)30-31(26)21-9-15-24(16-10-21)34-23-13-7-20(28)8-14-23/h5-16,25H,2-4,17-18H2,1H3. The Kier molecular flexibility index (Phi) is 6.79. The SMILES string of the molecule is CCCCc1nc(-c2ccc(OCC3CO3)cc2)nn1-c1ccc(Oc2ccc(Cl)cc2)cc1. The molecule has 0 spiro atoms. The molecule has 1 fully saturated rings. The van der Waals surface area contributed by atoms with Crippen molar-refractivity contribution in [1.82, 2.24) is 14.8 Å². The van der Waals surface area contributed by atoms with E-state index in [2.05, 4.69) is 6.92 Å². The number of aromatic nitrogens is 3. The van der Waals surface area contributed by atoms with Crippen molar-refractivity contribution >= 4 is 11.6 Å². The van der Waals surface area contributed by atoms with E-state index in [4.69, 9.17) is 35.9 Å².